The van der Waals surface area contributed by atoms with Gasteiger partial charge in [-0.2, -0.15) is 4.31 Å². The van der Waals surface area contributed by atoms with Gasteiger partial charge in [0.05, 0.1) is 4.90 Å². The third-order valence-corrected chi connectivity index (χ3v) is 9.22. The van der Waals surface area contributed by atoms with E-state index in [0.717, 1.165) is 53.9 Å². The standard InChI is InChI=1S/C35H36N2O2S/c1-29-17-19-35(20-18-29)40(38,39)37-25-22-33(31-13-7-3-8-14-31)27-36(24-21-30-11-5-2-6-12-30)28-34(23-26-37)32-15-9-4-10-16-32/h2-20,22-23H,21,24-28H2,1H3/b33-22+,34-23+. The van der Waals surface area contributed by atoms with Crippen molar-refractivity contribution in [2.75, 3.05) is 32.7 Å². The summed E-state index contributed by atoms with van der Waals surface area (Å²) in [6.45, 7) is 4.90. The Kier molecular flexibility index (Phi) is 9.07. The second-order valence-corrected chi connectivity index (χ2v) is 12.2. The number of hydrogen-bond donors (Lipinski definition) is 0. The Bertz CT molecular complexity index is 1490. The Balaban J connectivity index is 1.53. The van der Waals surface area contributed by atoms with Crippen LogP contribution in [0.15, 0.2) is 132 Å². The molecular formula is C35H36N2O2S. The summed E-state index contributed by atoms with van der Waals surface area (Å²) in [5.41, 5.74) is 6.84. The number of nitrogens with zero attached hydrogens (tertiary/aromatic N) is 2. The second-order valence-electron chi connectivity index (χ2n) is 10.3. The van der Waals surface area contributed by atoms with Crippen LogP contribution in [0.1, 0.15) is 22.3 Å². The van der Waals surface area contributed by atoms with Gasteiger partial charge in [0.25, 0.3) is 0 Å². The first-order chi connectivity index (χ1) is 19.5. The van der Waals surface area contributed by atoms with Crippen LogP contribution in [0.2, 0.25) is 0 Å². The molecule has 4 nitrogen and oxygen atoms in total. The molecule has 0 fully saturated rings. The minimum atomic E-state index is -3.69. The van der Waals surface area contributed by atoms with Gasteiger partial charge in [-0.05, 0) is 53.3 Å². The SMILES string of the molecule is Cc1ccc(S(=O)(=O)N2C/C=C(/c3ccccc3)CN(CCc3ccccc3)C/C(c3ccccc3)=C\C2)cc1. The van der Waals surface area contributed by atoms with Crippen molar-refractivity contribution >= 4 is 21.2 Å². The minimum Gasteiger partial charge on any atom is -0.294 e. The zero-order chi connectivity index (χ0) is 27.8. The summed E-state index contributed by atoms with van der Waals surface area (Å²) >= 11 is 0. The number of rotatable bonds is 7. The van der Waals surface area contributed by atoms with Crippen molar-refractivity contribution in [3.05, 3.63) is 150 Å². The molecule has 0 radical (unpaired) electrons. The van der Waals surface area contributed by atoms with Crippen molar-refractivity contribution in [1.29, 1.82) is 0 Å². The normalized spacial score (nSPS) is 18.3. The van der Waals surface area contributed by atoms with Crippen molar-refractivity contribution < 1.29 is 8.42 Å². The van der Waals surface area contributed by atoms with E-state index in [1.807, 2.05) is 55.5 Å². The Hall–Kier alpha value is -3.77. The fraction of sp³-hybridized carbons (Fsp3) is 0.200. The van der Waals surface area contributed by atoms with Gasteiger partial charge < -0.3 is 0 Å². The molecule has 0 unspecified atom stereocenters. The van der Waals surface area contributed by atoms with Gasteiger partial charge in [0.15, 0.2) is 0 Å². The quantitative estimate of drug-likeness (QED) is 0.258. The topological polar surface area (TPSA) is 40.6 Å². The van der Waals surface area contributed by atoms with Crippen molar-refractivity contribution in [3.8, 4) is 0 Å². The lowest BCUT2D eigenvalue weighted by Gasteiger charge is -2.28. The fourth-order valence-electron chi connectivity index (χ4n) is 5.03. The van der Waals surface area contributed by atoms with Gasteiger partial charge in [-0.25, -0.2) is 8.42 Å². The lowest BCUT2D eigenvalue weighted by atomic mass is 10.0. The monoisotopic (exact) mass is 548 g/mol. The van der Waals surface area contributed by atoms with Gasteiger partial charge in [0.2, 0.25) is 10.0 Å². The number of benzene rings is 4. The van der Waals surface area contributed by atoms with E-state index in [2.05, 4.69) is 71.6 Å². The van der Waals surface area contributed by atoms with E-state index in [0.29, 0.717) is 18.0 Å². The summed E-state index contributed by atoms with van der Waals surface area (Å²) in [5.74, 6) is 0. The Morgan fingerprint density at radius 1 is 0.625 bits per heavy atom. The molecule has 0 aliphatic carbocycles. The molecule has 0 saturated carbocycles. The van der Waals surface area contributed by atoms with Crippen molar-refractivity contribution in [1.82, 2.24) is 9.21 Å². The molecule has 0 atom stereocenters. The molecule has 1 aliphatic rings. The highest BCUT2D eigenvalue weighted by atomic mass is 32.2. The summed E-state index contributed by atoms with van der Waals surface area (Å²) in [7, 11) is -3.69. The molecule has 4 aromatic carbocycles. The maximum absolute atomic E-state index is 13.8. The lowest BCUT2D eigenvalue weighted by Crippen LogP contribution is -2.35. The van der Waals surface area contributed by atoms with Gasteiger partial charge in [-0.3, -0.25) is 4.90 Å². The van der Waals surface area contributed by atoms with Gasteiger partial charge in [-0.15, -0.1) is 0 Å². The molecule has 1 aliphatic heterocycles. The molecular weight excluding hydrogens is 512 g/mol. The Morgan fingerprint density at radius 3 is 1.60 bits per heavy atom. The maximum atomic E-state index is 13.8. The Morgan fingerprint density at radius 2 is 1.10 bits per heavy atom. The fourth-order valence-corrected chi connectivity index (χ4v) is 6.35. The highest BCUT2D eigenvalue weighted by Gasteiger charge is 2.25. The van der Waals surface area contributed by atoms with Crippen LogP contribution >= 0.6 is 0 Å². The van der Waals surface area contributed by atoms with Crippen LogP contribution in [-0.4, -0.2) is 50.3 Å². The predicted octanol–water partition coefficient (Wildman–Crippen LogP) is 6.71. The van der Waals surface area contributed by atoms with Crippen LogP contribution in [0.25, 0.3) is 11.1 Å². The van der Waals surface area contributed by atoms with E-state index in [9.17, 15) is 8.42 Å². The molecule has 4 aromatic rings. The highest BCUT2D eigenvalue weighted by molar-refractivity contribution is 7.89. The summed E-state index contributed by atoms with van der Waals surface area (Å²) in [6, 6.07) is 38.4. The molecule has 0 aromatic heterocycles. The number of sulfonamides is 1. The molecule has 1 heterocycles. The smallest absolute Gasteiger partial charge is 0.243 e. The minimum absolute atomic E-state index is 0.297. The zero-order valence-electron chi connectivity index (χ0n) is 23.0. The van der Waals surface area contributed by atoms with Gasteiger partial charge >= 0.3 is 0 Å². The van der Waals surface area contributed by atoms with Crippen LogP contribution in [0.4, 0.5) is 0 Å². The Labute approximate surface area is 239 Å². The molecule has 0 N–H and O–H groups in total. The molecule has 5 heteroatoms. The third-order valence-electron chi connectivity index (χ3n) is 7.38. The molecule has 0 bridgehead atoms. The first-order valence-electron chi connectivity index (χ1n) is 13.8. The third kappa shape index (κ3) is 7.05. The number of aryl methyl sites for hydroxylation is 1. The van der Waals surface area contributed by atoms with E-state index in [1.54, 1.807) is 16.4 Å². The molecule has 0 amide bonds. The number of hydrogen-bond acceptors (Lipinski definition) is 3. The molecule has 204 valence electrons. The van der Waals surface area contributed by atoms with E-state index in [1.165, 1.54) is 5.56 Å². The molecule has 0 saturated heterocycles. The highest BCUT2D eigenvalue weighted by Crippen LogP contribution is 2.24. The van der Waals surface area contributed by atoms with Crippen molar-refractivity contribution in [2.24, 2.45) is 0 Å². The van der Waals surface area contributed by atoms with E-state index in [4.69, 9.17) is 0 Å². The predicted molar refractivity (Wildman–Crippen MR) is 165 cm³/mol. The molecule has 5 rings (SSSR count). The largest absolute Gasteiger partial charge is 0.294 e. The molecule has 40 heavy (non-hydrogen) atoms. The summed E-state index contributed by atoms with van der Waals surface area (Å²) in [4.78, 5) is 2.80. The van der Waals surface area contributed by atoms with Crippen LogP contribution in [0.5, 0.6) is 0 Å². The van der Waals surface area contributed by atoms with Crippen LogP contribution < -0.4 is 0 Å². The summed E-state index contributed by atoms with van der Waals surface area (Å²) in [6.07, 6.45) is 5.13. The average Bonchev–Trinajstić information content (AvgIpc) is 3.00. The van der Waals surface area contributed by atoms with E-state index < -0.39 is 10.0 Å². The van der Waals surface area contributed by atoms with Crippen molar-refractivity contribution in [2.45, 2.75) is 18.2 Å². The van der Waals surface area contributed by atoms with E-state index >= 15 is 0 Å². The van der Waals surface area contributed by atoms with Crippen LogP contribution in [0.3, 0.4) is 0 Å². The van der Waals surface area contributed by atoms with E-state index in [-0.39, 0.29) is 0 Å². The maximum Gasteiger partial charge on any atom is 0.243 e. The van der Waals surface area contributed by atoms with Gasteiger partial charge in [0.1, 0.15) is 0 Å². The lowest BCUT2D eigenvalue weighted by molar-refractivity contribution is 0.347. The summed E-state index contributed by atoms with van der Waals surface area (Å²) in [5, 5.41) is 0. The molecule has 0 spiro atoms. The first kappa shape index (κ1) is 27.8. The van der Waals surface area contributed by atoms with Crippen molar-refractivity contribution in [3.63, 3.8) is 0 Å². The van der Waals surface area contributed by atoms with Gasteiger partial charge in [-0.1, -0.05) is 121 Å². The van der Waals surface area contributed by atoms with Gasteiger partial charge in [0, 0.05) is 32.7 Å². The zero-order valence-corrected chi connectivity index (χ0v) is 23.8. The summed E-state index contributed by atoms with van der Waals surface area (Å²) < 4.78 is 29.2. The van der Waals surface area contributed by atoms with Crippen LogP contribution in [0, 0.1) is 6.92 Å². The second kappa shape index (κ2) is 13.1. The first-order valence-corrected chi connectivity index (χ1v) is 15.2. The average molecular weight is 549 g/mol. The van der Waals surface area contributed by atoms with Crippen LogP contribution in [-0.2, 0) is 16.4 Å².